The molecule has 2 aromatic carbocycles. The van der Waals surface area contributed by atoms with Gasteiger partial charge in [-0.25, -0.2) is 9.97 Å². The zero-order valence-corrected chi connectivity index (χ0v) is 19.1. The van der Waals surface area contributed by atoms with Gasteiger partial charge in [0.2, 0.25) is 0 Å². The highest BCUT2D eigenvalue weighted by Gasteiger charge is 2.13. The number of morpholine rings is 1. The molecular weight excluding hydrogens is 428 g/mol. The summed E-state index contributed by atoms with van der Waals surface area (Å²) in [4.78, 5) is 23.5. The average Bonchev–Trinajstić information content (AvgIpc) is 2.89. The fraction of sp³-hybridized carbons (Fsp3) is 0.296. The SMILES string of the molecule is O=C1C=CC(Nc2nc(-c3cccc(OCCCN4CCOCC4)c3)nc3ccccc23)=CC1. The summed E-state index contributed by atoms with van der Waals surface area (Å²) in [5.41, 5.74) is 2.60. The molecule has 2 heterocycles. The molecule has 1 fully saturated rings. The van der Waals surface area contributed by atoms with Gasteiger partial charge in [-0.15, -0.1) is 0 Å². The molecule has 0 bridgehead atoms. The van der Waals surface area contributed by atoms with Crippen molar-refractivity contribution in [3.05, 3.63) is 72.5 Å². The minimum atomic E-state index is 0.0977. The number of rotatable bonds is 8. The maximum Gasteiger partial charge on any atom is 0.162 e. The van der Waals surface area contributed by atoms with Crippen LogP contribution in [0.5, 0.6) is 5.75 Å². The van der Waals surface area contributed by atoms with Crippen molar-refractivity contribution in [3.8, 4) is 17.1 Å². The second-order valence-electron chi connectivity index (χ2n) is 8.39. The highest BCUT2D eigenvalue weighted by molar-refractivity contribution is 5.94. The predicted octanol–water partition coefficient (Wildman–Crippen LogP) is 4.22. The Bertz CT molecular complexity index is 1230. The van der Waals surface area contributed by atoms with E-state index >= 15 is 0 Å². The summed E-state index contributed by atoms with van der Waals surface area (Å²) < 4.78 is 11.4. The molecule has 1 aliphatic heterocycles. The normalized spacial score (nSPS) is 16.5. The van der Waals surface area contributed by atoms with E-state index in [1.807, 2.05) is 54.6 Å². The quantitative estimate of drug-likeness (QED) is 0.509. The summed E-state index contributed by atoms with van der Waals surface area (Å²) in [6.45, 7) is 5.30. The first-order chi connectivity index (χ1) is 16.7. The van der Waals surface area contributed by atoms with Crippen LogP contribution in [0.1, 0.15) is 12.8 Å². The van der Waals surface area contributed by atoms with Crippen LogP contribution in [-0.2, 0) is 9.53 Å². The summed E-state index contributed by atoms with van der Waals surface area (Å²) in [6.07, 6.45) is 6.61. The maximum atomic E-state index is 11.5. The number of benzene rings is 2. The first-order valence-corrected chi connectivity index (χ1v) is 11.7. The summed E-state index contributed by atoms with van der Waals surface area (Å²) in [5.74, 6) is 2.24. The van der Waals surface area contributed by atoms with Crippen LogP contribution in [0.15, 0.2) is 72.5 Å². The van der Waals surface area contributed by atoms with E-state index in [0.717, 1.165) is 67.2 Å². The Hall–Kier alpha value is -3.55. The lowest BCUT2D eigenvalue weighted by Gasteiger charge is -2.26. The molecule has 1 aromatic heterocycles. The van der Waals surface area contributed by atoms with Crippen molar-refractivity contribution in [2.75, 3.05) is 44.8 Å². The van der Waals surface area contributed by atoms with Crippen LogP contribution in [0.4, 0.5) is 5.82 Å². The van der Waals surface area contributed by atoms with Crippen molar-refractivity contribution >= 4 is 22.5 Å². The molecule has 0 unspecified atom stereocenters. The van der Waals surface area contributed by atoms with Crippen LogP contribution in [0, 0.1) is 0 Å². The number of para-hydroxylation sites is 1. The number of carbonyl (C=O) groups is 1. The van der Waals surface area contributed by atoms with E-state index in [-0.39, 0.29) is 5.78 Å². The third-order valence-electron chi connectivity index (χ3n) is 5.92. The van der Waals surface area contributed by atoms with Crippen molar-refractivity contribution < 1.29 is 14.3 Å². The summed E-state index contributed by atoms with van der Waals surface area (Å²) in [6, 6.07) is 15.8. The Kier molecular flexibility index (Phi) is 6.93. The largest absolute Gasteiger partial charge is 0.494 e. The minimum Gasteiger partial charge on any atom is -0.494 e. The van der Waals surface area contributed by atoms with Crippen LogP contribution in [0.3, 0.4) is 0 Å². The zero-order valence-electron chi connectivity index (χ0n) is 19.1. The monoisotopic (exact) mass is 456 g/mol. The molecule has 34 heavy (non-hydrogen) atoms. The first-order valence-electron chi connectivity index (χ1n) is 11.7. The number of fused-ring (bicyclic) bond motifs is 1. The van der Waals surface area contributed by atoms with E-state index in [0.29, 0.717) is 24.7 Å². The van der Waals surface area contributed by atoms with Gasteiger partial charge in [0, 0.05) is 42.7 Å². The van der Waals surface area contributed by atoms with Crippen molar-refractivity contribution in [3.63, 3.8) is 0 Å². The molecule has 1 aliphatic carbocycles. The highest BCUT2D eigenvalue weighted by atomic mass is 16.5. The number of hydrogen-bond acceptors (Lipinski definition) is 7. The van der Waals surface area contributed by atoms with Gasteiger partial charge in [-0.05, 0) is 42.8 Å². The van der Waals surface area contributed by atoms with E-state index < -0.39 is 0 Å². The lowest BCUT2D eigenvalue weighted by atomic mass is 10.1. The minimum absolute atomic E-state index is 0.0977. The molecule has 7 nitrogen and oxygen atoms in total. The van der Waals surface area contributed by atoms with Crippen LogP contribution < -0.4 is 10.1 Å². The number of anilines is 1. The number of ether oxygens (including phenoxy) is 2. The zero-order chi connectivity index (χ0) is 23.2. The molecular formula is C27H28N4O3. The molecule has 0 atom stereocenters. The standard InChI is InChI=1S/C27H28N4O3/c32-22-11-9-21(10-12-22)28-27-24-7-1-2-8-25(24)29-26(30-27)20-5-3-6-23(19-20)34-16-4-13-31-14-17-33-18-15-31/h1-3,5-11,19H,4,12-18H2,(H,28,29,30). The molecule has 0 radical (unpaired) electrons. The van der Waals surface area contributed by atoms with Crippen molar-refractivity contribution in [1.29, 1.82) is 0 Å². The van der Waals surface area contributed by atoms with E-state index in [1.165, 1.54) is 0 Å². The Labute approximate surface area is 199 Å². The van der Waals surface area contributed by atoms with Gasteiger partial charge in [-0.1, -0.05) is 30.3 Å². The van der Waals surface area contributed by atoms with Crippen LogP contribution in [0.25, 0.3) is 22.3 Å². The average molecular weight is 457 g/mol. The number of aromatic nitrogens is 2. The predicted molar refractivity (Wildman–Crippen MR) is 133 cm³/mol. The Balaban J connectivity index is 1.32. The molecule has 5 rings (SSSR count). The molecule has 0 saturated carbocycles. The van der Waals surface area contributed by atoms with Crippen LogP contribution >= 0.6 is 0 Å². The maximum absolute atomic E-state index is 11.5. The van der Waals surface area contributed by atoms with E-state index in [1.54, 1.807) is 12.2 Å². The van der Waals surface area contributed by atoms with Gasteiger partial charge in [0.25, 0.3) is 0 Å². The number of hydrogen-bond donors (Lipinski definition) is 1. The first kappa shape index (κ1) is 22.3. The van der Waals surface area contributed by atoms with Gasteiger partial charge in [-0.3, -0.25) is 9.69 Å². The third-order valence-corrected chi connectivity index (χ3v) is 5.92. The summed E-state index contributed by atoms with van der Waals surface area (Å²) >= 11 is 0. The second-order valence-corrected chi connectivity index (χ2v) is 8.39. The molecule has 1 saturated heterocycles. The molecule has 3 aromatic rings. The lowest BCUT2D eigenvalue weighted by molar-refractivity contribution is -0.113. The Morgan fingerprint density at radius 1 is 1.03 bits per heavy atom. The van der Waals surface area contributed by atoms with Gasteiger partial charge in [-0.2, -0.15) is 0 Å². The van der Waals surface area contributed by atoms with Gasteiger partial charge in [0.15, 0.2) is 11.6 Å². The Morgan fingerprint density at radius 3 is 2.76 bits per heavy atom. The number of allylic oxidation sites excluding steroid dienone is 3. The fourth-order valence-electron chi connectivity index (χ4n) is 4.09. The molecule has 174 valence electrons. The van der Waals surface area contributed by atoms with Crippen molar-refractivity contribution in [1.82, 2.24) is 14.9 Å². The third kappa shape index (κ3) is 5.50. The van der Waals surface area contributed by atoms with Crippen LogP contribution in [0.2, 0.25) is 0 Å². The van der Waals surface area contributed by atoms with Crippen molar-refractivity contribution in [2.45, 2.75) is 12.8 Å². The van der Waals surface area contributed by atoms with Gasteiger partial charge >= 0.3 is 0 Å². The highest BCUT2D eigenvalue weighted by Crippen LogP contribution is 2.28. The number of ketones is 1. The number of nitrogens with one attached hydrogen (secondary N) is 1. The lowest BCUT2D eigenvalue weighted by Crippen LogP contribution is -2.37. The number of nitrogens with zero attached hydrogens (tertiary/aromatic N) is 3. The Morgan fingerprint density at radius 2 is 1.91 bits per heavy atom. The van der Waals surface area contributed by atoms with E-state index in [9.17, 15) is 4.79 Å². The van der Waals surface area contributed by atoms with Gasteiger partial charge in [0.1, 0.15) is 11.6 Å². The van der Waals surface area contributed by atoms with Gasteiger partial charge < -0.3 is 14.8 Å². The number of carbonyl (C=O) groups excluding carboxylic acids is 1. The van der Waals surface area contributed by atoms with E-state index in [4.69, 9.17) is 19.4 Å². The van der Waals surface area contributed by atoms with E-state index in [2.05, 4.69) is 10.2 Å². The molecule has 7 heteroatoms. The molecule has 1 N–H and O–H groups in total. The summed E-state index contributed by atoms with van der Waals surface area (Å²) in [7, 11) is 0. The fourth-order valence-corrected chi connectivity index (χ4v) is 4.09. The molecule has 0 amide bonds. The smallest absolute Gasteiger partial charge is 0.162 e. The van der Waals surface area contributed by atoms with Gasteiger partial charge in [0.05, 0.1) is 25.3 Å². The van der Waals surface area contributed by atoms with Crippen molar-refractivity contribution in [2.24, 2.45) is 0 Å². The second kappa shape index (κ2) is 10.6. The molecule has 0 spiro atoms. The summed E-state index contributed by atoms with van der Waals surface area (Å²) in [5, 5.41) is 4.29. The van der Waals surface area contributed by atoms with Crippen LogP contribution in [-0.4, -0.2) is 60.1 Å². The topological polar surface area (TPSA) is 76.6 Å². The molecule has 2 aliphatic rings.